The number of carbonyl (C=O) groups excluding carboxylic acids is 4. The van der Waals surface area contributed by atoms with Crippen molar-refractivity contribution < 1.29 is 33.8 Å². The summed E-state index contributed by atoms with van der Waals surface area (Å²) in [5.74, 6) is -3.51. The molecule has 3 saturated heterocycles. The molecule has 262 valence electrons. The molecule has 3 fully saturated rings. The van der Waals surface area contributed by atoms with Gasteiger partial charge in [0, 0.05) is 23.7 Å². The Kier molecular flexibility index (Phi) is 11.6. The standard InChI is InChI=1S/C38H46ClN3O7/c1-5-7-13-31(44)40-22-30(25-11-9-8-10-12-25)48-37(47)32-29-18-19-38(49-29)33(32)35(45)42(28(23-43)21-24(3)4)34(38)36(46)41(20-6-2)27-16-14-26(39)15-17-27/h5-6,8-12,14-17,24,28-30,32-34,43H,1-2,7,13,18-23H2,3-4H3,(H,40,44)/t28-,29-,30-,32+,33+,34-,38+/m1/s1. The van der Waals surface area contributed by atoms with Crippen LogP contribution in [0.2, 0.25) is 5.02 Å². The van der Waals surface area contributed by atoms with Gasteiger partial charge in [-0.2, -0.15) is 0 Å². The van der Waals surface area contributed by atoms with Gasteiger partial charge >= 0.3 is 5.97 Å². The lowest BCUT2D eigenvalue weighted by Crippen LogP contribution is -2.59. The van der Waals surface area contributed by atoms with Gasteiger partial charge in [-0.05, 0) is 61.4 Å². The first kappa shape index (κ1) is 36.3. The first-order valence-electron chi connectivity index (χ1n) is 17.0. The van der Waals surface area contributed by atoms with Crippen LogP contribution in [0.3, 0.4) is 0 Å². The van der Waals surface area contributed by atoms with Gasteiger partial charge in [-0.15, -0.1) is 13.2 Å². The number of nitrogens with one attached hydrogen (secondary N) is 1. The molecule has 0 aliphatic carbocycles. The molecule has 3 aliphatic heterocycles. The molecule has 2 bridgehead atoms. The van der Waals surface area contributed by atoms with Crippen LogP contribution in [0.25, 0.3) is 0 Å². The molecule has 2 aromatic rings. The molecule has 3 aliphatic rings. The number of likely N-dealkylation sites (tertiary alicyclic amines) is 1. The van der Waals surface area contributed by atoms with E-state index in [9.17, 15) is 24.3 Å². The summed E-state index contributed by atoms with van der Waals surface area (Å²) in [6, 6.07) is 14.1. The lowest BCUT2D eigenvalue weighted by molar-refractivity contribution is -0.161. The number of hydrogen-bond acceptors (Lipinski definition) is 7. The first-order chi connectivity index (χ1) is 23.6. The molecule has 0 aromatic heterocycles. The Hall–Kier alpha value is -3.99. The Balaban J connectivity index is 1.50. The zero-order valence-electron chi connectivity index (χ0n) is 28.1. The third kappa shape index (κ3) is 7.32. The number of rotatable bonds is 16. The Morgan fingerprint density at radius 1 is 1.14 bits per heavy atom. The molecule has 1 spiro atoms. The number of hydrogen-bond donors (Lipinski definition) is 2. The third-order valence-corrected chi connectivity index (χ3v) is 10.0. The lowest BCUT2D eigenvalue weighted by atomic mass is 9.70. The summed E-state index contributed by atoms with van der Waals surface area (Å²) in [5.41, 5.74) is -0.0541. The fraction of sp³-hybridized carbons (Fsp3) is 0.474. The molecule has 0 unspecified atom stereocenters. The highest BCUT2D eigenvalue weighted by Crippen LogP contribution is 2.59. The van der Waals surface area contributed by atoms with E-state index in [2.05, 4.69) is 18.5 Å². The van der Waals surface area contributed by atoms with E-state index in [1.807, 2.05) is 44.2 Å². The van der Waals surface area contributed by atoms with E-state index in [-0.39, 0.29) is 43.8 Å². The predicted molar refractivity (Wildman–Crippen MR) is 186 cm³/mol. The fourth-order valence-corrected chi connectivity index (χ4v) is 7.84. The van der Waals surface area contributed by atoms with Gasteiger partial charge in [-0.1, -0.05) is 67.9 Å². The number of esters is 1. The number of amides is 3. The number of fused-ring (bicyclic) bond motifs is 1. The summed E-state index contributed by atoms with van der Waals surface area (Å²) >= 11 is 6.16. The maximum absolute atomic E-state index is 14.8. The second-order valence-electron chi connectivity index (χ2n) is 13.4. The van der Waals surface area contributed by atoms with E-state index in [0.29, 0.717) is 42.0 Å². The summed E-state index contributed by atoms with van der Waals surface area (Å²) in [6.45, 7) is 11.3. The minimum Gasteiger partial charge on any atom is -0.455 e. The van der Waals surface area contributed by atoms with Crippen LogP contribution in [0.15, 0.2) is 79.9 Å². The molecule has 0 radical (unpaired) electrons. The van der Waals surface area contributed by atoms with Gasteiger partial charge in [0.1, 0.15) is 17.7 Å². The van der Waals surface area contributed by atoms with Crippen LogP contribution in [-0.4, -0.2) is 77.2 Å². The Morgan fingerprint density at radius 3 is 2.49 bits per heavy atom. The molecule has 49 heavy (non-hydrogen) atoms. The number of carbonyl (C=O) groups is 4. The zero-order chi connectivity index (χ0) is 35.3. The number of nitrogens with zero attached hydrogens (tertiary/aromatic N) is 2. The van der Waals surface area contributed by atoms with Crippen LogP contribution >= 0.6 is 11.6 Å². The third-order valence-electron chi connectivity index (χ3n) is 9.80. The van der Waals surface area contributed by atoms with Crippen LogP contribution in [0.1, 0.15) is 57.6 Å². The summed E-state index contributed by atoms with van der Waals surface area (Å²) in [6.07, 6.45) is 3.85. The van der Waals surface area contributed by atoms with Crippen LogP contribution in [0.4, 0.5) is 5.69 Å². The SMILES string of the molecule is C=CCCC(=O)NC[C@@H](OC(=O)[C@@H]1[C@H]2C(=O)N([C@@H](CO)CC(C)C)[C@H](C(=O)N(CC=C)c3ccc(Cl)cc3)[C@]23CC[C@H]1O3)c1ccccc1. The van der Waals surface area contributed by atoms with Crippen molar-refractivity contribution in [3.05, 3.63) is 90.5 Å². The van der Waals surface area contributed by atoms with E-state index < -0.39 is 53.6 Å². The molecule has 5 rings (SSSR count). The second-order valence-corrected chi connectivity index (χ2v) is 13.9. The Labute approximate surface area is 293 Å². The highest BCUT2D eigenvalue weighted by molar-refractivity contribution is 6.30. The second kappa shape index (κ2) is 15.7. The Morgan fingerprint density at radius 2 is 1.86 bits per heavy atom. The number of halogens is 1. The van der Waals surface area contributed by atoms with Gasteiger partial charge in [0.05, 0.1) is 37.1 Å². The number of allylic oxidation sites excluding steroid dienone is 1. The zero-order valence-corrected chi connectivity index (χ0v) is 28.9. The van der Waals surface area contributed by atoms with Crippen LogP contribution in [0, 0.1) is 17.8 Å². The van der Waals surface area contributed by atoms with Gasteiger partial charge < -0.3 is 29.7 Å². The molecule has 2 N–H and O–H groups in total. The highest BCUT2D eigenvalue weighted by atomic mass is 35.5. The summed E-state index contributed by atoms with van der Waals surface area (Å²) in [4.78, 5) is 59.2. The summed E-state index contributed by atoms with van der Waals surface area (Å²) in [5, 5.41) is 14.0. The maximum Gasteiger partial charge on any atom is 0.313 e. The minimum absolute atomic E-state index is 0.0412. The van der Waals surface area contributed by atoms with Crippen molar-refractivity contribution in [1.82, 2.24) is 10.2 Å². The van der Waals surface area contributed by atoms with Gasteiger partial charge in [0.25, 0.3) is 5.91 Å². The van der Waals surface area contributed by atoms with E-state index in [1.54, 1.807) is 36.4 Å². The van der Waals surface area contributed by atoms with E-state index in [4.69, 9.17) is 21.1 Å². The molecule has 11 heteroatoms. The molecule has 2 aromatic carbocycles. The van der Waals surface area contributed by atoms with Crippen molar-refractivity contribution in [2.75, 3.05) is 24.6 Å². The minimum atomic E-state index is -1.31. The number of ether oxygens (including phenoxy) is 2. The fourth-order valence-electron chi connectivity index (χ4n) is 7.71. The molecule has 3 heterocycles. The molecule has 0 saturated carbocycles. The Bertz CT molecular complexity index is 1530. The van der Waals surface area contributed by atoms with Gasteiger partial charge in [-0.25, -0.2) is 0 Å². The summed E-state index contributed by atoms with van der Waals surface area (Å²) < 4.78 is 12.8. The average molecular weight is 692 g/mol. The van der Waals surface area contributed by atoms with E-state index in [0.717, 1.165) is 0 Å². The van der Waals surface area contributed by atoms with Crippen LogP contribution in [0.5, 0.6) is 0 Å². The largest absolute Gasteiger partial charge is 0.455 e. The van der Waals surface area contributed by atoms with Crippen molar-refractivity contribution >= 4 is 41.0 Å². The molecule has 3 amide bonds. The topological polar surface area (TPSA) is 125 Å². The van der Waals surface area contributed by atoms with E-state index in [1.165, 1.54) is 9.80 Å². The smallest absolute Gasteiger partial charge is 0.313 e. The highest BCUT2D eigenvalue weighted by Gasteiger charge is 2.75. The molecule has 10 nitrogen and oxygen atoms in total. The summed E-state index contributed by atoms with van der Waals surface area (Å²) in [7, 11) is 0. The quantitative estimate of drug-likeness (QED) is 0.187. The molecular weight excluding hydrogens is 646 g/mol. The molecule has 7 atom stereocenters. The van der Waals surface area contributed by atoms with Crippen molar-refractivity contribution in [3.8, 4) is 0 Å². The van der Waals surface area contributed by atoms with Crippen molar-refractivity contribution in [2.24, 2.45) is 17.8 Å². The molecular formula is C38H46ClN3O7. The van der Waals surface area contributed by atoms with Gasteiger partial charge in [0.2, 0.25) is 11.8 Å². The van der Waals surface area contributed by atoms with Crippen molar-refractivity contribution in [1.29, 1.82) is 0 Å². The predicted octanol–water partition coefficient (Wildman–Crippen LogP) is 5.01. The van der Waals surface area contributed by atoms with E-state index >= 15 is 0 Å². The number of aliphatic hydroxyl groups excluding tert-OH is 1. The van der Waals surface area contributed by atoms with Crippen molar-refractivity contribution in [3.63, 3.8) is 0 Å². The van der Waals surface area contributed by atoms with Crippen LogP contribution < -0.4 is 10.2 Å². The first-order valence-corrected chi connectivity index (χ1v) is 17.4. The van der Waals surface area contributed by atoms with Gasteiger partial charge in [-0.3, -0.25) is 19.2 Å². The van der Waals surface area contributed by atoms with Crippen LogP contribution in [-0.2, 0) is 28.7 Å². The maximum atomic E-state index is 14.8. The number of benzene rings is 2. The van der Waals surface area contributed by atoms with Gasteiger partial charge in [0.15, 0.2) is 0 Å². The number of aliphatic hydroxyl groups is 1. The number of anilines is 1. The normalized spacial score (nSPS) is 25.1. The van der Waals surface area contributed by atoms with Crippen molar-refractivity contribution in [2.45, 2.75) is 75.8 Å². The lowest BCUT2D eigenvalue weighted by Gasteiger charge is -2.39. The average Bonchev–Trinajstić information content (AvgIpc) is 3.74. The monoisotopic (exact) mass is 691 g/mol.